The molecular formula is C16H31NO. The monoisotopic (exact) mass is 253 g/mol. The first-order chi connectivity index (χ1) is 8.76. The molecule has 1 unspecified atom stereocenters. The Balaban J connectivity index is 2.08. The van der Waals surface area contributed by atoms with Gasteiger partial charge in [-0.1, -0.05) is 45.4 Å². The molecule has 2 nitrogen and oxygen atoms in total. The van der Waals surface area contributed by atoms with Crippen molar-refractivity contribution in [1.29, 1.82) is 0 Å². The summed E-state index contributed by atoms with van der Waals surface area (Å²) in [5.74, 6) is 1.98. The Hall–Kier alpha value is -0.370. The molecule has 0 saturated heterocycles. The normalized spacial score (nSPS) is 18.8. The first-order valence-electron chi connectivity index (χ1n) is 7.98. The molecule has 0 radical (unpaired) electrons. The Morgan fingerprint density at radius 1 is 1.17 bits per heavy atom. The summed E-state index contributed by atoms with van der Waals surface area (Å²) < 4.78 is 0. The number of ketones is 1. The first-order valence-corrected chi connectivity index (χ1v) is 7.98. The first kappa shape index (κ1) is 15.7. The van der Waals surface area contributed by atoms with Crippen molar-refractivity contribution >= 4 is 5.78 Å². The summed E-state index contributed by atoms with van der Waals surface area (Å²) in [6.07, 6.45) is 12.9. The quantitative estimate of drug-likeness (QED) is 0.673. The number of carbonyl (C=O) groups excluding carboxylic acids is 1. The molecule has 0 aromatic rings. The van der Waals surface area contributed by atoms with Crippen molar-refractivity contribution in [2.75, 3.05) is 6.54 Å². The highest BCUT2D eigenvalue weighted by molar-refractivity contribution is 5.78. The fourth-order valence-electron chi connectivity index (χ4n) is 3.12. The van der Waals surface area contributed by atoms with Gasteiger partial charge in [0.05, 0.1) is 0 Å². The van der Waals surface area contributed by atoms with Crippen LogP contribution in [-0.2, 0) is 4.79 Å². The summed E-state index contributed by atoms with van der Waals surface area (Å²) in [5.41, 5.74) is 5.58. The van der Waals surface area contributed by atoms with Gasteiger partial charge < -0.3 is 5.73 Å². The topological polar surface area (TPSA) is 43.1 Å². The molecule has 0 aliphatic heterocycles. The van der Waals surface area contributed by atoms with Crippen molar-refractivity contribution in [3.63, 3.8) is 0 Å². The second-order valence-electron chi connectivity index (χ2n) is 5.97. The number of Topliss-reactive ketones (excluding diaryl/α,β-unsaturated/α-hetero) is 1. The van der Waals surface area contributed by atoms with Crippen LogP contribution in [0.15, 0.2) is 0 Å². The second-order valence-corrected chi connectivity index (χ2v) is 5.97. The third-order valence-electron chi connectivity index (χ3n) is 4.54. The lowest BCUT2D eigenvalue weighted by molar-refractivity contribution is -0.119. The molecule has 1 aliphatic carbocycles. The van der Waals surface area contributed by atoms with Gasteiger partial charge in [-0.2, -0.15) is 0 Å². The maximum absolute atomic E-state index is 11.9. The summed E-state index contributed by atoms with van der Waals surface area (Å²) >= 11 is 0. The van der Waals surface area contributed by atoms with Gasteiger partial charge in [0, 0.05) is 12.8 Å². The number of nitrogens with two attached hydrogens (primary N) is 1. The van der Waals surface area contributed by atoms with E-state index in [4.69, 9.17) is 5.73 Å². The maximum atomic E-state index is 11.9. The lowest BCUT2D eigenvalue weighted by Gasteiger charge is -2.21. The minimum Gasteiger partial charge on any atom is -0.330 e. The van der Waals surface area contributed by atoms with Gasteiger partial charge in [-0.15, -0.1) is 0 Å². The molecule has 1 atom stereocenters. The molecule has 0 amide bonds. The molecule has 0 aromatic heterocycles. The molecule has 18 heavy (non-hydrogen) atoms. The van der Waals surface area contributed by atoms with Gasteiger partial charge in [-0.25, -0.2) is 0 Å². The van der Waals surface area contributed by atoms with Gasteiger partial charge in [0.1, 0.15) is 5.78 Å². The highest BCUT2D eigenvalue weighted by Crippen LogP contribution is 2.27. The van der Waals surface area contributed by atoms with Gasteiger partial charge in [-0.3, -0.25) is 4.79 Å². The predicted octanol–water partition coefficient (Wildman–Crippen LogP) is 4.07. The van der Waals surface area contributed by atoms with E-state index in [0.717, 1.165) is 51.0 Å². The highest BCUT2D eigenvalue weighted by atomic mass is 16.1. The number of carbonyl (C=O) groups is 1. The van der Waals surface area contributed by atoms with E-state index in [1.165, 1.54) is 32.1 Å². The lowest BCUT2D eigenvalue weighted by atomic mass is 9.85. The minimum absolute atomic E-state index is 0.482. The van der Waals surface area contributed by atoms with Crippen LogP contribution in [0, 0.1) is 11.8 Å². The molecule has 2 heteroatoms. The molecule has 1 fully saturated rings. The van der Waals surface area contributed by atoms with Crippen LogP contribution in [0.2, 0.25) is 0 Å². The SMILES string of the molecule is CCC(CCN)CCC(=O)CCC1CCCCC1. The number of rotatable bonds is 9. The van der Waals surface area contributed by atoms with E-state index >= 15 is 0 Å². The van der Waals surface area contributed by atoms with Crippen LogP contribution in [0.3, 0.4) is 0 Å². The van der Waals surface area contributed by atoms with Crippen LogP contribution in [0.4, 0.5) is 0 Å². The minimum atomic E-state index is 0.482. The van der Waals surface area contributed by atoms with E-state index < -0.39 is 0 Å². The summed E-state index contributed by atoms with van der Waals surface area (Å²) in [7, 11) is 0. The highest BCUT2D eigenvalue weighted by Gasteiger charge is 2.15. The van der Waals surface area contributed by atoms with E-state index in [2.05, 4.69) is 6.92 Å². The van der Waals surface area contributed by atoms with Crippen LogP contribution in [0.1, 0.15) is 77.6 Å². The zero-order chi connectivity index (χ0) is 13.2. The molecule has 1 aliphatic rings. The number of hydrogen-bond acceptors (Lipinski definition) is 2. The van der Waals surface area contributed by atoms with Gasteiger partial charge in [0.25, 0.3) is 0 Å². The van der Waals surface area contributed by atoms with Crippen LogP contribution >= 0.6 is 0 Å². The average Bonchev–Trinajstić information content (AvgIpc) is 2.42. The zero-order valence-corrected chi connectivity index (χ0v) is 12.1. The Morgan fingerprint density at radius 3 is 2.50 bits per heavy atom. The zero-order valence-electron chi connectivity index (χ0n) is 12.1. The van der Waals surface area contributed by atoms with E-state index in [1.54, 1.807) is 0 Å². The Morgan fingerprint density at radius 2 is 1.89 bits per heavy atom. The van der Waals surface area contributed by atoms with Crippen molar-refractivity contribution < 1.29 is 4.79 Å². The molecule has 0 bridgehead atoms. The van der Waals surface area contributed by atoms with Crippen molar-refractivity contribution in [1.82, 2.24) is 0 Å². The second kappa shape index (κ2) is 9.55. The van der Waals surface area contributed by atoms with Gasteiger partial charge in [-0.05, 0) is 37.6 Å². The maximum Gasteiger partial charge on any atom is 0.132 e. The molecule has 0 aromatic carbocycles. The molecular weight excluding hydrogens is 222 g/mol. The predicted molar refractivity (Wildman–Crippen MR) is 77.5 cm³/mol. The Bertz CT molecular complexity index is 210. The van der Waals surface area contributed by atoms with Crippen LogP contribution in [-0.4, -0.2) is 12.3 Å². The molecule has 0 heterocycles. The van der Waals surface area contributed by atoms with Crippen molar-refractivity contribution in [3.8, 4) is 0 Å². The lowest BCUT2D eigenvalue weighted by Crippen LogP contribution is -2.12. The standard InChI is InChI=1S/C16H31NO/c1-2-14(12-13-17)8-10-16(18)11-9-15-6-4-3-5-7-15/h14-15H,2-13,17H2,1H3. The summed E-state index contributed by atoms with van der Waals surface area (Å²) in [4.78, 5) is 11.9. The summed E-state index contributed by atoms with van der Waals surface area (Å²) in [5, 5.41) is 0. The molecule has 0 spiro atoms. The van der Waals surface area contributed by atoms with Crippen molar-refractivity contribution in [2.45, 2.75) is 77.6 Å². The van der Waals surface area contributed by atoms with E-state index in [1.807, 2.05) is 0 Å². The Kier molecular flexibility index (Phi) is 8.32. The fourth-order valence-corrected chi connectivity index (χ4v) is 3.12. The molecule has 1 saturated carbocycles. The van der Waals surface area contributed by atoms with Crippen LogP contribution < -0.4 is 5.73 Å². The van der Waals surface area contributed by atoms with Crippen molar-refractivity contribution in [2.24, 2.45) is 17.6 Å². The summed E-state index contributed by atoms with van der Waals surface area (Å²) in [6, 6.07) is 0. The molecule has 1 rings (SSSR count). The Labute approximate surface area is 113 Å². The molecule has 2 N–H and O–H groups in total. The third-order valence-corrected chi connectivity index (χ3v) is 4.54. The smallest absolute Gasteiger partial charge is 0.132 e. The van der Waals surface area contributed by atoms with Crippen molar-refractivity contribution in [3.05, 3.63) is 0 Å². The fraction of sp³-hybridized carbons (Fsp3) is 0.938. The largest absolute Gasteiger partial charge is 0.330 e. The van der Waals surface area contributed by atoms with Crippen LogP contribution in [0.5, 0.6) is 0 Å². The molecule has 106 valence electrons. The van der Waals surface area contributed by atoms with Gasteiger partial charge >= 0.3 is 0 Å². The van der Waals surface area contributed by atoms with E-state index in [0.29, 0.717) is 11.7 Å². The third kappa shape index (κ3) is 6.53. The van der Waals surface area contributed by atoms with Gasteiger partial charge in [0.15, 0.2) is 0 Å². The summed E-state index contributed by atoms with van der Waals surface area (Å²) in [6.45, 7) is 2.96. The number of hydrogen-bond donors (Lipinski definition) is 1. The average molecular weight is 253 g/mol. The van der Waals surface area contributed by atoms with Gasteiger partial charge in [0.2, 0.25) is 0 Å². The van der Waals surface area contributed by atoms with E-state index in [9.17, 15) is 4.79 Å². The van der Waals surface area contributed by atoms with Crippen LogP contribution in [0.25, 0.3) is 0 Å². The van der Waals surface area contributed by atoms with E-state index in [-0.39, 0.29) is 0 Å².